The van der Waals surface area contributed by atoms with Gasteiger partial charge in [0.2, 0.25) is 0 Å². The fourth-order valence-corrected chi connectivity index (χ4v) is 2.99. The van der Waals surface area contributed by atoms with Gasteiger partial charge in [-0.25, -0.2) is 4.79 Å². The number of halogens is 1. The largest absolute Gasteiger partial charge is 0.452 e. The van der Waals surface area contributed by atoms with Crippen LogP contribution < -0.4 is 5.32 Å². The van der Waals surface area contributed by atoms with E-state index in [2.05, 4.69) is 10.4 Å². The quantitative estimate of drug-likeness (QED) is 0.641. The van der Waals surface area contributed by atoms with E-state index in [1.54, 1.807) is 16.8 Å². The minimum atomic E-state index is -0.602. The van der Waals surface area contributed by atoms with Crippen molar-refractivity contribution in [3.05, 3.63) is 51.3 Å². The SMILES string of the molecule is Cc1cc(C)c(NC(=O)COC(=O)/C=C/c2c(C)nn(C)c2C)c(Cl)c1. The normalized spacial score (nSPS) is 11.0. The van der Waals surface area contributed by atoms with Gasteiger partial charge in [-0.1, -0.05) is 17.7 Å². The number of amides is 1. The van der Waals surface area contributed by atoms with Gasteiger partial charge < -0.3 is 10.1 Å². The van der Waals surface area contributed by atoms with Gasteiger partial charge in [-0.15, -0.1) is 0 Å². The van der Waals surface area contributed by atoms with E-state index >= 15 is 0 Å². The molecule has 0 spiro atoms. The Labute approximate surface area is 157 Å². The summed E-state index contributed by atoms with van der Waals surface area (Å²) >= 11 is 6.15. The molecule has 0 radical (unpaired) electrons. The Morgan fingerprint density at radius 1 is 1.27 bits per heavy atom. The van der Waals surface area contributed by atoms with Crippen LogP contribution in [0.4, 0.5) is 5.69 Å². The van der Waals surface area contributed by atoms with Crippen molar-refractivity contribution in [3.63, 3.8) is 0 Å². The van der Waals surface area contributed by atoms with Gasteiger partial charge in [0.15, 0.2) is 6.61 Å². The van der Waals surface area contributed by atoms with E-state index in [0.29, 0.717) is 10.7 Å². The lowest BCUT2D eigenvalue weighted by atomic mass is 10.1. The zero-order valence-corrected chi connectivity index (χ0v) is 16.3. The summed E-state index contributed by atoms with van der Waals surface area (Å²) in [6.07, 6.45) is 2.92. The lowest BCUT2D eigenvalue weighted by Gasteiger charge is -2.11. The topological polar surface area (TPSA) is 73.2 Å². The second-order valence-electron chi connectivity index (χ2n) is 6.14. The van der Waals surface area contributed by atoms with Gasteiger partial charge in [-0.3, -0.25) is 9.48 Å². The first-order valence-electron chi connectivity index (χ1n) is 8.10. The molecule has 0 unspecified atom stereocenters. The highest BCUT2D eigenvalue weighted by Crippen LogP contribution is 2.27. The second kappa shape index (κ2) is 8.19. The maximum atomic E-state index is 12.0. The molecule has 6 nitrogen and oxygen atoms in total. The predicted molar refractivity (Wildman–Crippen MR) is 102 cm³/mol. The maximum absolute atomic E-state index is 12.0. The zero-order chi connectivity index (χ0) is 19.4. The van der Waals surface area contributed by atoms with Gasteiger partial charge in [0.25, 0.3) is 5.91 Å². The van der Waals surface area contributed by atoms with Crippen LogP contribution in [0.1, 0.15) is 28.1 Å². The molecule has 0 bridgehead atoms. The first-order chi connectivity index (χ1) is 12.2. The zero-order valence-electron chi connectivity index (χ0n) is 15.5. The lowest BCUT2D eigenvalue weighted by Crippen LogP contribution is -2.20. The van der Waals surface area contributed by atoms with Gasteiger partial charge in [0.05, 0.1) is 16.4 Å². The number of anilines is 1. The number of carbonyl (C=O) groups is 2. The molecule has 2 aromatic rings. The van der Waals surface area contributed by atoms with E-state index in [9.17, 15) is 9.59 Å². The van der Waals surface area contributed by atoms with Gasteiger partial charge >= 0.3 is 5.97 Å². The highest BCUT2D eigenvalue weighted by atomic mass is 35.5. The van der Waals surface area contributed by atoms with Gasteiger partial charge in [-0.05, 0) is 51.0 Å². The number of benzene rings is 1. The molecule has 2 rings (SSSR count). The number of ether oxygens (including phenoxy) is 1. The Hall–Kier alpha value is -2.60. The van der Waals surface area contributed by atoms with Gasteiger partial charge in [0.1, 0.15) is 0 Å². The van der Waals surface area contributed by atoms with Crippen LogP contribution in [0.3, 0.4) is 0 Å². The fraction of sp³-hybridized carbons (Fsp3) is 0.316. The van der Waals surface area contributed by atoms with Crippen LogP contribution in [0.15, 0.2) is 18.2 Å². The third-order valence-electron chi connectivity index (χ3n) is 3.99. The summed E-state index contributed by atoms with van der Waals surface area (Å²) in [4.78, 5) is 23.8. The number of esters is 1. The molecule has 0 aliphatic rings. The number of aryl methyl sites for hydroxylation is 4. The van der Waals surface area contributed by atoms with Crippen molar-refractivity contribution in [1.29, 1.82) is 0 Å². The molecular weight excluding hydrogens is 354 g/mol. The molecule has 26 heavy (non-hydrogen) atoms. The van der Waals surface area contributed by atoms with E-state index in [1.165, 1.54) is 6.08 Å². The first-order valence-corrected chi connectivity index (χ1v) is 8.48. The minimum absolute atomic E-state index is 0.391. The molecule has 0 saturated heterocycles. The number of nitrogens with zero attached hydrogens (tertiary/aromatic N) is 2. The average molecular weight is 376 g/mol. The van der Waals surface area contributed by atoms with E-state index in [0.717, 1.165) is 28.1 Å². The summed E-state index contributed by atoms with van der Waals surface area (Å²) in [5.74, 6) is -1.05. The molecule has 0 fully saturated rings. The van der Waals surface area contributed by atoms with Crippen molar-refractivity contribution in [3.8, 4) is 0 Å². The molecule has 1 heterocycles. The molecule has 0 aliphatic carbocycles. The number of hydrogen-bond donors (Lipinski definition) is 1. The molecule has 0 saturated carbocycles. The standard InChI is InChI=1S/C19H22ClN3O3/c1-11-8-12(2)19(16(20)9-11)21-17(24)10-26-18(25)7-6-15-13(3)22-23(5)14(15)4/h6-9H,10H2,1-5H3,(H,21,24)/b7-6+. The predicted octanol–water partition coefficient (Wildman–Crippen LogP) is 3.50. The Morgan fingerprint density at radius 2 is 1.96 bits per heavy atom. The smallest absolute Gasteiger partial charge is 0.331 e. The molecule has 7 heteroatoms. The summed E-state index contributed by atoms with van der Waals surface area (Å²) in [6.45, 7) is 7.15. The highest BCUT2D eigenvalue weighted by Gasteiger charge is 2.11. The van der Waals surface area contributed by atoms with Crippen LogP contribution in [0.5, 0.6) is 0 Å². The molecular formula is C19H22ClN3O3. The molecule has 138 valence electrons. The first kappa shape index (κ1) is 19.7. The number of hydrogen-bond acceptors (Lipinski definition) is 4. The fourth-order valence-electron chi connectivity index (χ4n) is 2.62. The molecule has 1 aromatic heterocycles. The Kier molecular flexibility index (Phi) is 6.21. The average Bonchev–Trinajstić information content (AvgIpc) is 2.79. The van der Waals surface area contributed by atoms with Crippen molar-refractivity contribution in [1.82, 2.24) is 9.78 Å². The summed E-state index contributed by atoms with van der Waals surface area (Å²) in [5.41, 5.74) is 4.98. The molecule has 0 aliphatic heterocycles. The lowest BCUT2D eigenvalue weighted by molar-refractivity contribution is -0.142. The second-order valence-corrected chi connectivity index (χ2v) is 6.54. The van der Waals surface area contributed by atoms with Crippen molar-refractivity contribution in [2.75, 3.05) is 11.9 Å². The summed E-state index contributed by atoms with van der Waals surface area (Å²) in [5, 5.41) is 7.39. The maximum Gasteiger partial charge on any atom is 0.331 e. The van der Waals surface area contributed by atoms with Crippen LogP contribution in [-0.4, -0.2) is 28.3 Å². The number of aromatic nitrogens is 2. The number of rotatable bonds is 5. The Balaban J connectivity index is 1.93. The van der Waals surface area contributed by atoms with E-state index < -0.39 is 18.5 Å². The number of nitrogens with one attached hydrogen (secondary N) is 1. The monoisotopic (exact) mass is 375 g/mol. The number of carbonyl (C=O) groups excluding carboxylic acids is 2. The molecule has 1 amide bonds. The third kappa shape index (κ3) is 4.73. The van der Waals surface area contributed by atoms with Crippen molar-refractivity contribution in [2.45, 2.75) is 27.7 Å². The van der Waals surface area contributed by atoms with Gasteiger partial charge in [0, 0.05) is 24.4 Å². The van der Waals surface area contributed by atoms with E-state index in [-0.39, 0.29) is 0 Å². The highest BCUT2D eigenvalue weighted by molar-refractivity contribution is 6.34. The van der Waals surface area contributed by atoms with Crippen LogP contribution in [-0.2, 0) is 21.4 Å². The van der Waals surface area contributed by atoms with E-state index in [1.807, 2.05) is 40.8 Å². The van der Waals surface area contributed by atoms with Crippen molar-refractivity contribution in [2.24, 2.45) is 7.05 Å². The minimum Gasteiger partial charge on any atom is -0.452 e. The summed E-state index contributed by atoms with van der Waals surface area (Å²) in [6, 6.07) is 3.67. The molecule has 0 atom stereocenters. The molecule has 1 N–H and O–H groups in total. The molecule has 1 aromatic carbocycles. The van der Waals surface area contributed by atoms with Crippen LogP contribution >= 0.6 is 11.6 Å². The Bertz CT molecular complexity index is 861. The van der Waals surface area contributed by atoms with Crippen LogP contribution in [0.2, 0.25) is 5.02 Å². The summed E-state index contributed by atoms with van der Waals surface area (Å²) in [7, 11) is 1.83. The van der Waals surface area contributed by atoms with Crippen LogP contribution in [0, 0.1) is 27.7 Å². The summed E-state index contributed by atoms with van der Waals surface area (Å²) < 4.78 is 6.72. The van der Waals surface area contributed by atoms with Crippen molar-refractivity contribution >= 4 is 35.2 Å². The van der Waals surface area contributed by atoms with Crippen LogP contribution in [0.25, 0.3) is 6.08 Å². The van der Waals surface area contributed by atoms with Gasteiger partial charge in [-0.2, -0.15) is 5.10 Å². The Morgan fingerprint density at radius 3 is 2.54 bits per heavy atom. The third-order valence-corrected chi connectivity index (χ3v) is 4.29. The van der Waals surface area contributed by atoms with E-state index in [4.69, 9.17) is 16.3 Å². The van der Waals surface area contributed by atoms with Crippen molar-refractivity contribution < 1.29 is 14.3 Å².